The van der Waals surface area contributed by atoms with Crippen LogP contribution in [0.2, 0.25) is 0 Å². The molecule has 0 fully saturated rings. The van der Waals surface area contributed by atoms with E-state index in [1.807, 2.05) is 6.92 Å². The van der Waals surface area contributed by atoms with Crippen molar-refractivity contribution in [1.29, 1.82) is 0 Å². The van der Waals surface area contributed by atoms with Crippen molar-refractivity contribution >= 4 is 28.3 Å². The zero-order valence-corrected chi connectivity index (χ0v) is 16.8. The highest BCUT2D eigenvalue weighted by Gasteiger charge is 2.25. The van der Waals surface area contributed by atoms with E-state index < -0.39 is 51.1 Å². The van der Waals surface area contributed by atoms with Crippen LogP contribution in [0.15, 0.2) is 18.2 Å². The maximum absolute atomic E-state index is 14.0. The van der Waals surface area contributed by atoms with Crippen LogP contribution in [0.3, 0.4) is 0 Å². The third-order valence-corrected chi connectivity index (χ3v) is 5.82. The Morgan fingerprint density at radius 3 is 2.34 bits per heavy atom. The number of halogens is 4. The minimum Gasteiger partial charge on any atom is -0.312 e. The van der Waals surface area contributed by atoms with Gasteiger partial charge in [0.1, 0.15) is 11.0 Å². The standard InChI is InChI=1S/C20H20F4N2O2S/c1-3-8-26-15-6-5-13(9-12(15)4-7-16(26)27)25-29(28)10-14-19(23)17(21)11(2)18(22)20(14)24/h5-6,9,25H,3-4,7-8,10H2,1-2H3. The van der Waals surface area contributed by atoms with E-state index in [9.17, 15) is 26.6 Å². The van der Waals surface area contributed by atoms with Gasteiger partial charge in [-0.3, -0.25) is 4.79 Å². The highest BCUT2D eigenvalue weighted by Crippen LogP contribution is 2.31. The number of carbonyl (C=O) groups is 1. The SMILES string of the molecule is CCCN1C(=O)CCc2cc(NS(=O)Cc3c(F)c(F)c(C)c(F)c3F)ccc21. The van der Waals surface area contributed by atoms with E-state index in [2.05, 4.69) is 4.72 Å². The zero-order valence-electron chi connectivity index (χ0n) is 16.0. The summed E-state index contributed by atoms with van der Waals surface area (Å²) in [5, 5.41) is 0. The number of amides is 1. The molecule has 0 spiro atoms. The van der Waals surface area contributed by atoms with Crippen molar-refractivity contribution in [3.05, 3.63) is 58.2 Å². The Kier molecular flexibility index (Phi) is 6.26. The van der Waals surface area contributed by atoms with Crippen molar-refractivity contribution in [2.45, 2.75) is 38.9 Å². The van der Waals surface area contributed by atoms with Gasteiger partial charge in [0.05, 0.1) is 5.75 Å². The highest BCUT2D eigenvalue weighted by atomic mass is 32.2. The number of nitrogens with one attached hydrogen (secondary N) is 1. The Balaban J connectivity index is 1.80. The molecular formula is C20H20F4N2O2S. The van der Waals surface area contributed by atoms with Gasteiger partial charge in [-0.25, -0.2) is 21.8 Å². The first-order valence-electron chi connectivity index (χ1n) is 9.14. The van der Waals surface area contributed by atoms with E-state index in [4.69, 9.17) is 0 Å². The monoisotopic (exact) mass is 428 g/mol. The summed E-state index contributed by atoms with van der Waals surface area (Å²) in [4.78, 5) is 13.8. The smallest absolute Gasteiger partial charge is 0.227 e. The molecule has 1 amide bonds. The average molecular weight is 428 g/mol. The lowest BCUT2D eigenvalue weighted by atomic mass is 10.0. The molecule has 0 saturated heterocycles. The summed E-state index contributed by atoms with van der Waals surface area (Å²) in [6.45, 7) is 3.48. The second-order valence-electron chi connectivity index (χ2n) is 6.84. The van der Waals surface area contributed by atoms with E-state index in [0.29, 0.717) is 25.1 Å². The van der Waals surface area contributed by atoms with E-state index in [1.165, 1.54) is 0 Å². The molecule has 29 heavy (non-hydrogen) atoms. The van der Waals surface area contributed by atoms with Gasteiger partial charge in [-0.1, -0.05) is 6.92 Å². The van der Waals surface area contributed by atoms with Gasteiger partial charge in [-0.05, 0) is 43.5 Å². The van der Waals surface area contributed by atoms with Gasteiger partial charge < -0.3 is 9.62 Å². The first-order valence-corrected chi connectivity index (χ1v) is 10.5. The number of hydrogen-bond donors (Lipinski definition) is 1. The maximum atomic E-state index is 14.0. The molecule has 9 heteroatoms. The predicted octanol–water partition coefficient (Wildman–Crippen LogP) is 4.52. The maximum Gasteiger partial charge on any atom is 0.227 e. The molecule has 2 aromatic rings. The molecule has 1 unspecified atom stereocenters. The van der Waals surface area contributed by atoms with Crippen molar-refractivity contribution in [2.75, 3.05) is 16.2 Å². The minimum atomic E-state index is -2.03. The van der Waals surface area contributed by atoms with Crippen LogP contribution >= 0.6 is 0 Å². The topological polar surface area (TPSA) is 49.4 Å². The highest BCUT2D eigenvalue weighted by molar-refractivity contribution is 7.85. The summed E-state index contributed by atoms with van der Waals surface area (Å²) >= 11 is 0. The van der Waals surface area contributed by atoms with Crippen molar-refractivity contribution in [2.24, 2.45) is 0 Å². The molecule has 3 rings (SSSR count). The van der Waals surface area contributed by atoms with Gasteiger partial charge >= 0.3 is 0 Å². The average Bonchev–Trinajstić information content (AvgIpc) is 2.70. The molecule has 1 aliphatic heterocycles. The number of carbonyl (C=O) groups excluding carboxylic acids is 1. The number of nitrogens with zero attached hydrogens (tertiary/aromatic N) is 1. The summed E-state index contributed by atoms with van der Waals surface area (Å²) < 4.78 is 70.3. The van der Waals surface area contributed by atoms with Gasteiger partial charge in [0.25, 0.3) is 0 Å². The number of aryl methyl sites for hydroxylation is 1. The quantitative estimate of drug-likeness (QED) is 0.544. The summed E-state index contributed by atoms with van der Waals surface area (Å²) in [5.74, 6) is -6.79. The van der Waals surface area contributed by atoms with Crippen LogP contribution in [0.1, 0.15) is 36.5 Å². The summed E-state index contributed by atoms with van der Waals surface area (Å²) in [6.07, 6.45) is 1.68. The molecule has 1 N–H and O–H groups in total. The lowest BCUT2D eigenvalue weighted by Crippen LogP contribution is -2.35. The molecule has 1 heterocycles. The number of benzene rings is 2. The first-order chi connectivity index (χ1) is 13.7. The van der Waals surface area contributed by atoms with Crippen LogP contribution in [0, 0.1) is 30.2 Å². The third-order valence-electron chi connectivity index (χ3n) is 4.81. The Morgan fingerprint density at radius 1 is 1.07 bits per heavy atom. The normalized spacial score (nSPS) is 14.7. The van der Waals surface area contributed by atoms with Crippen LogP contribution in [-0.2, 0) is 28.0 Å². The summed E-state index contributed by atoms with van der Waals surface area (Å²) in [7, 11) is -2.03. The second-order valence-corrected chi connectivity index (χ2v) is 8.02. The van der Waals surface area contributed by atoms with Gasteiger partial charge in [0.2, 0.25) is 5.91 Å². The van der Waals surface area contributed by atoms with Crippen molar-refractivity contribution in [1.82, 2.24) is 0 Å². The van der Waals surface area contributed by atoms with E-state index in [-0.39, 0.29) is 5.91 Å². The molecule has 0 aliphatic carbocycles. The van der Waals surface area contributed by atoms with E-state index >= 15 is 0 Å². The largest absolute Gasteiger partial charge is 0.312 e. The minimum absolute atomic E-state index is 0.0398. The number of rotatable bonds is 6. The summed E-state index contributed by atoms with van der Waals surface area (Å²) in [6, 6.07) is 5.03. The number of fused-ring (bicyclic) bond motifs is 1. The Bertz CT molecular complexity index is 968. The van der Waals surface area contributed by atoms with Crippen LogP contribution < -0.4 is 9.62 Å². The fourth-order valence-corrected chi connectivity index (χ4v) is 4.28. The predicted molar refractivity (Wildman–Crippen MR) is 104 cm³/mol. The van der Waals surface area contributed by atoms with Crippen molar-refractivity contribution in [3.63, 3.8) is 0 Å². The molecular weight excluding hydrogens is 408 g/mol. The molecule has 156 valence electrons. The van der Waals surface area contributed by atoms with Gasteiger partial charge in [0, 0.05) is 35.5 Å². The van der Waals surface area contributed by atoms with Crippen molar-refractivity contribution in [3.8, 4) is 0 Å². The molecule has 1 aliphatic rings. The van der Waals surface area contributed by atoms with E-state index in [1.54, 1.807) is 23.1 Å². The Morgan fingerprint density at radius 2 is 1.72 bits per heavy atom. The van der Waals surface area contributed by atoms with Crippen LogP contribution in [0.25, 0.3) is 0 Å². The number of anilines is 2. The van der Waals surface area contributed by atoms with Crippen molar-refractivity contribution < 1.29 is 26.6 Å². The zero-order chi connectivity index (χ0) is 21.3. The fourth-order valence-electron chi connectivity index (χ4n) is 3.30. The van der Waals surface area contributed by atoms with E-state index in [0.717, 1.165) is 24.6 Å². The van der Waals surface area contributed by atoms with Crippen LogP contribution in [-0.4, -0.2) is 16.7 Å². The molecule has 4 nitrogen and oxygen atoms in total. The molecule has 2 aromatic carbocycles. The molecule has 0 aromatic heterocycles. The molecule has 0 saturated carbocycles. The van der Waals surface area contributed by atoms with Gasteiger partial charge in [-0.2, -0.15) is 0 Å². The van der Waals surface area contributed by atoms with Crippen LogP contribution in [0.5, 0.6) is 0 Å². The second kappa shape index (κ2) is 8.52. The summed E-state index contributed by atoms with van der Waals surface area (Å²) in [5.41, 5.74) is 0.406. The lowest BCUT2D eigenvalue weighted by Gasteiger charge is -2.29. The number of hydrogen-bond acceptors (Lipinski definition) is 2. The van der Waals surface area contributed by atoms with Crippen LogP contribution in [0.4, 0.5) is 28.9 Å². The molecule has 0 radical (unpaired) electrons. The third kappa shape index (κ3) is 4.14. The first kappa shape index (κ1) is 21.3. The lowest BCUT2D eigenvalue weighted by molar-refractivity contribution is -0.118. The Labute approximate surface area is 168 Å². The van der Waals surface area contributed by atoms with Gasteiger partial charge in [-0.15, -0.1) is 0 Å². The van der Waals surface area contributed by atoms with Gasteiger partial charge in [0.15, 0.2) is 23.3 Å². The Hall–Kier alpha value is -2.42. The fraction of sp³-hybridized carbons (Fsp3) is 0.350. The molecule has 0 bridgehead atoms. The molecule has 1 atom stereocenters.